The number of nitrogens with zero attached hydrogens (tertiary/aromatic N) is 2. The van der Waals surface area contributed by atoms with Crippen LogP contribution in [-0.4, -0.2) is 59.8 Å². The Bertz CT molecular complexity index is 268. The van der Waals surface area contributed by atoms with Crippen LogP contribution in [0, 0.1) is 5.41 Å². The molecule has 0 spiro atoms. The van der Waals surface area contributed by atoms with Gasteiger partial charge in [0, 0.05) is 44.9 Å². The number of hydrogen-bond donors (Lipinski definition) is 1. The van der Waals surface area contributed by atoms with Crippen molar-refractivity contribution in [2.75, 3.05) is 32.8 Å². The van der Waals surface area contributed by atoms with Gasteiger partial charge in [-0.2, -0.15) is 0 Å². The van der Waals surface area contributed by atoms with Crippen LogP contribution < -0.4 is 0 Å². The van der Waals surface area contributed by atoms with Gasteiger partial charge in [0.1, 0.15) is 0 Å². The summed E-state index contributed by atoms with van der Waals surface area (Å²) in [6.45, 7) is 12.0. The molecule has 1 saturated heterocycles. The molecule has 1 aliphatic heterocycles. The molecule has 2 fully saturated rings. The zero-order chi connectivity index (χ0) is 13.9. The molecule has 0 bridgehead atoms. The van der Waals surface area contributed by atoms with Gasteiger partial charge in [0.05, 0.1) is 0 Å². The predicted octanol–water partition coefficient (Wildman–Crippen LogP) is 2.34. The maximum Gasteiger partial charge on any atom is 0.0446 e. The van der Waals surface area contributed by atoms with Crippen molar-refractivity contribution in [1.29, 1.82) is 0 Å². The lowest BCUT2D eigenvalue weighted by atomic mass is 9.94. The third kappa shape index (κ3) is 4.44. The van der Waals surface area contributed by atoms with Crippen LogP contribution >= 0.6 is 0 Å². The minimum Gasteiger partial charge on any atom is -0.396 e. The van der Waals surface area contributed by atoms with Gasteiger partial charge in [0.2, 0.25) is 0 Å². The van der Waals surface area contributed by atoms with Gasteiger partial charge in [-0.05, 0) is 24.7 Å². The molecular weight excluding hydrogens is 236 g/mol. The topological polar surface area (TPSA) is 26.7 Å². The molecule has 1 heterocycles. The highest BCUT2D eigenvalue weighted by Crippen LogP contribution is 2.28. The van der Waals surface area contributed by atoms with Crippen molar-refractivity contribution < 1.29 is 5.11 Å². The van der Waals surface area contributed by atoms with E-state index >= 15 is 0 Å². The average molecular weight is 268 g/mol. The fourth-order valence-electron chi connectivity index (χ4n) is 3.87. The van der Waals surface area contributed by atoms with E-state index in [4.69, 9.17) is 0 Å². The molecule has 0 radical (unpaired) electrons. The van der Waals surface area contributed by atoms with Gasteiger partial charge in [0.15, 0.2) is 0 Å². The molecule has 0 amide bonds. The van der Waals surface area contributed by atoms with Crippen molar-refractivity contribution in [3.05, 3.63) is 0 Å². The molecule has 1 N–H and O–H groups in total. The Labute approximate surface area is 119 Å². The molecular formula is C16H32N2O. The minimum absolute atomic E-state index is 0.331. The number of rotatable bonds is 4. The van der Waals surface area contributed by atoms with Gasteiger partial charge in [-0.1, -0.05) is 33.6 Å². The van der Waals surface area contributed by atoms with E-state index in [-0.39, 0.29) is 0 Å². The van der Waals surface area contributed by atoms with Crippen molar-refractivity contribution in [1.82, 2.24) is 9.80 Å². The molecule has 112 valence electrons. The van der Waals surface area contributed by atoms with E-state index in [0.29, 0.717) is 18.1 Å². The highest BCUT2D eigenvalue weighted by molar-refractivity contribution is 4.89. The normalized spacial score (nSPS) is 28.1. The fourth-order valence-corrected chi connectivity index (χ4v) is 3.87. The third-order valence-corrected chi connectivity index (χ3v) is 4.57. The summed E-state index contributed by atoms with van der Waals surface area (Å²) in [6, 6.07) is 1.37. The Kier molecular flexibility index (Phi) is 5.27. The molecule has 0 aromatic rings. The Balaban J connectivity index is 1.93. The molecule has 1 aliphatic carbocycles. The lowest BCUT2D eigenvalue weighted by Gasteiger charge is -2.46. The van der Waals surface area contributed by atoms with Crippen molar-refractivity contribution >= 4 is 0 Å². The molecule has 1 atom stereocenters. The second-order valence-corrected chi connectivity index (χ2v) is 7.64. The number of hydrogen-bond acceptors (Lipinski definition) is 3. The van der Waals surface area contributed by atoms with Gasteiger partial charge in [-0.15, -0.1) is 0 Å². The van der Waals surface area contributed by atoms with E-state index in [1.807, 2.05) is 0 Å². The second-order valence-electron chi connectivity index (χ2n) is 7.64. The van der Waals surface area contributed by atoms with E-state index in [1.165, 1.54) is 45.3 Å². The first-order chi connectivity index (χ1) is 8.99. The summed E-state index contributed by atoms with van der Waals surface area (Å²) >= 11 is 0. The number of piperazine rings is 1. The van der Waals surface area contributed by atoms with Gasteiger partial charge in [0.25, 0.3) is 0 Å². The summed E-state index contributed by atoms with van der Waals surface area (Å²) in [7, 11) is 0. The number of aliphatic hydroxyl groups excluding tert-OH is 1. The smallest absolute Gasteiger partial charge is 0.0446 e. The van der Waals surface area contributed by atoms with Crippen LogP contribution in [0.4, 0.5) is 0 Å². The average Bonchev–Trinajstić information content (AvgIpc) is 2.81. The van der Waals surface area contributed by atoms with E-state index in [9.17, 15) is 5.11 Å². The van der Waals surface area contributed by atoms with E-state index in [1.54, 1.807) is 0 Å². The van der Waals surface area contributed by atoms with E-state index in [0.717, 1.165) is 19.0 Å². The van der Waals surface area contributed by atoms with Gasteiger partial charge in [-0.3, -0.25) is 9.80 Å². The molecule has 0 aromatic heterocycles. The maximum atomic E-state index is 9.35. The maximum absolute atomic E-state index is 9.35. The summed E-state index contributed by atoms with van der Waals surface area (Å²) in [6.07, 6.45) is 6.50. The molecule has 3 nitrogen and oxygen atoms in total. The summed E-state index contributed by atoms with van der Waals surface area (Å²) in [5.74, 6) is 0. The van der Waals surface area contributed by atoms with Crippen LogP contribution in [0.2, 0.25) is 0 Å². The standard InChI is InChI=1S/C16H32N2O/c1-16(2,3)13-17-9-10-18(14-6-4-5-7-14)15(12-17)8-11-19/h14-15,19H,4-13H2,1-3H3. The number of aliphatic hydroxyl groups is 1. The van der Waals surface area contributed by atoms with Crippen molar-refractivity contribution in [2.45, 2.75) is 65.0 Å². The zero-order valence-electron chi connectivity index (χ0n) is 13.1. The first-order valence-corrected chi connectivity index (χ1v) is 8.08. The summed E-state index contributed by atoms with van der Waals surface area (Å²) in [5.41, 5.74) is 0.374. The molecule has 2 aliphatic rings. The molecule has 2 rings (SSSR count). The van der Waals surface area contributed by atoms with E-state index in [2.05, 4.69) is 30.6 Å². The largest absolute Gasteiger partial charge is 0.396 e. The monoisotopic (exact) mass is 268 g/mol. The first-order valence-electron chi connectivity index (χ1n) is 8.08. The highest BCUT2D eigenvalue weighted by Gasteiger charge is 2.33. The SMILES string of the molecule is CC(C)(C)CN1CCN(C2CCCC2)C(CCO)C1. The predicted molar refractivity (Wildman–Crippen MR) is 80.3 cm³/mol. The molecule has 1 saturated carbocycles. The van der Waals surface area contributed by atoms with Crippen molar-refractivity contribution in [3.63, 3.8) is 0 Å². The Morgan fingerprint density at radius 3 is 2.37 bits per heavy atom. The lowest BCUT2D eigenvalue weighted by molar-refractivity contribution is 0.0178. The molecule has 3 heteroatoms. The summed E-state index contributed by atoms with van der Waals surface area (Å²) < 4.78 is 0. The quantitative estimate of drug-likeness (QED) is 0.848. The molecule has 19 heavy (non-hydrogen) atoms. The third-order valence-electron chi connectivity index (χ3n) is 4.57. The Morgan fingerprint density at radius 2 is 1.79 bits per heavy atom. The van der Waals surface area contributed by atoms with Crippen LogP contribution in [0.5, 0.6) is 0 Å². The van der Waals surface area contributed by atoms with Crippen LogP contribution in [0.1, 0.15) is 52.9 Å². The summed E-state index contributed by atoms with van der Waals surface area (Å²) in [5, 5.41) is 9.35. The molecule has 1 unspecified atom stereocenters. The second kappa shape index (κ2) is 6.55. The van der Waals surface area contributed by atoms with Gasteiger partial charge in [-0.25, -0.2) is 0 Å². The van der Waals surface area contributed by atoms with Gasteiger partial charge < -0.3 is 5.11 Å². The first kappa shape index (κ1) is 15.3. The minimum atomic E-state index is 0.331. The van der Waals surface area contributed by atoms with Crippen LogP contribution in [0.25, 0.3) is 0 Å². The fraction of sp³-hybridized carbons (Fsp3) is 1.00. The Hall–Kier alpha value is -0.120. The van der Waals surface area contributed by atoms with Gasteiger partial charge >= 0.3 is 0 Å². The van der Waals surface area contributed by atoms with Crippen LogP contribution in [0.15, 0.2) is 0 Å². The van der Waals surface area contributed by atoms with Crippen molar-refractivity contribution in [3.8, 4) is 0 Å². The highest BCUT2D eigenvalue weighted by atomic mass is 16.3. The van der Waals surface area contributed by atoms with Crippen LogP contribution in [0.3, 0.4) is 0 Å². The summed E-state index contributed by atoms with van der Waals surface area (Å²) in [4.78, 5) is 5.31. The lowest BCUT2D eigenvalue weighted by Crippen LogP contribution is -2.57. The Morgan fingerprint density at radius 1 is 1.11 bits per heavy atom. The van der Waals surface area contributed by atoms with Crippen molar-refractivity contribution in [2.24, 2.45) is 5.41 Å². The molecule has 0 aromatic carbocycles. The van der Waals surface area contributed by atoms with Crippen LogP contribution in [-0.2, 0) is 0 Å². The van der Waals surface area contributed by atoms with E-state index < -0.39 is 0 Å². The zero-order valence-corrected chi connectivity index (χ0v) is 13.1.